The van der Waals surface area contributed by atoms with Gasteiger partial charge in [0.2, 0.25) is 0 Å². The summed E-state index contributed by atoms with van der Waals surface area (Å²) in [7, 11) is 0. The summed E-state index contributed by atoms with van der Waals surface area (Å²) in [5, 5.41) is 18.7. The van der Waals surface area contributed by atoms with E-state index >= 15 is 0 Å². The van der Waals surface area contributed by atoms with Crippen LogP contribution >= 0.6 is 11.8 Å². The Hall–Kier alpha value is -0.670. The zero-order valence-electron chi connectivity index (χ0n) is 8.74. The number of hydrogen-bond acceptors (Lipinski definition) is 3. The highest BCUT2D eigenvalue weighted by Gasteiger charge is 2.11. The van der Waals surface area contributed by atoms with Crippen molar-refractivity contribution in [3.05, 3.63) is 23.3 Å². The standard InChI is InChI=1S/C11H16O2S/c1-7-4-11(14-3)9(5-10(7)13)8(2)6-12/h4-5,8,12-13H,6H2,1-3H3. The molecule has 0 fully saturated rings. The van der Waals surface area contributed by atoms with Crippen molar-refractivity contribution in [3.8, 4) is 5.75 Å². The van der Waals surface area contributed by atoms with Crippen LogP contribution in [0.25, 0.3) is 0 Å². The van der Waals surface area contributed by atoms with Gasteiger partial charge in [0.1, 0.15) is 5.75 Å². The van der Waals surface area contributed by atoms with Gasteiger partial charge in [0.15, 0.2) is 0 Å². The second-order valence-electron chi connectivity index (χ2n) is 3.46. The van der Waals surface area contributed by atoms with Crippen LogP contribution in [0, 0.1) is 6.92 Å². The summed E-state index contributed by atoms with van der Waals surface area (Å²) in [5.74, 6) is 0.377. The van der Waals surface area contributed by atoms with Gasteiger partial charge in [-0.3, -0.25) is 0 Å². The molecule has 2 nitrogen and oxygen atoms in total. The zero-order chi connectivity index (χ0) is 10.7. The van der Waals surface area contributed by atoms with Crippen LogP contribution in [0.5, 0.6) is 5.75 Å². The Morgan fingerprint density at radius 2 is 2.07 bits per heavy atom. The molecule has 0 aliphatic rings. The Bertz CT molecular complexity index is 323. The van der Waals surface area contributed by atoms with E-state index in [-0.39, 0.29) is 12.5 Å². The fraction of sp³-hybridized carbons (Fsp3) is 0.455. The summed E-state index contributed by atoms with van der Waals surface area (Å²) in [5.41, 5.74) is 1.89. The minimum atomic E-state index is 0.0731. The highest BCUT2D eigenvalue weighted by Crippen LogP contribution is 2.32. The summed E-state index contributed by atoms with van der Waals surface area (Å²) in [6.07, 6.45) is 2.00. The molecule has 0 radical (unpaired) electrons. The van der Waals surface area contributed by atoms with Crippen LogP contribution in [0.1, 0.15) is 24.0 Å². The maximum atomic E-state index is 9.57. The van der Waals surface area contributed by atoms with Gasteiger partial charge < -0.3 is 10.2 Å². The van der Waals surface area contributed by atoms with E-state index in [1.54, 1.807) is 17.8 Å². The van der Waals surface area contributed by atoms with Crippen molar-refractivity contribution in [2.24, 2.45) is 0 Å². The molecule has 2 N–H and O–H groups in total. The third kappa shape index (κ3) is 2.22. The van der Waals surface area contributed by atoms with E-state index < -0.39 is 0 Å². The quantitative estimate of drug-likeness (QED) is 0.756. The largest absolute Gasteiger partial charge is 0.508 e. The minimum absolute atomic E-state index is 0.0731. The maximum absolute atomic E-state index is 9.57. The van der Waals surface area contributed by atoms with E-state index in [9.17, 15) is 5.11 Å². The average molecular weight is 212 g/mol. The molecule has 14 heavy (non-hydrogen) atoms. The maximum Gasteiger partial charge on any atom is 0.118 e. The zero-order valence-corrected chi connectivity index (χ0v) is 9.56. The first kappa shape index (κ1) is 11.4. The van der Waals surface area contributed by atoms with Crippen molar-refractivity contribution in [2.75, 3.05) is 12.9 Å². The minimum Gasteiger partial charge on any atom is -0.508 e. The first-order valence-electron chi connectivity index (χ1n) is 4.58. The lowest BCUT2D eigenvalue weighted by Gasteiger charge is -2.14. The van der Waals surface area contributed by atoms with Crippen molar-refractivity contribution in [1.82, 2.24) is 0 Å². The van der Waals surface area contributed by atoms with Gasteiger partial charge in [0, 0.05) is 17.4 Å². The molecule has 1 rings (SSSR count). The van der Waals surface area contributed by atoms with Crippen molar-refractivity contribution >= 4 is 11.8 Å². The van der Waals surface area contributed by atoms with Crippen LogP contribution in [-0.2, 0) is 0 Å². The number of rotatable bonds is 3. The summed E-state index contributed by atoms with van der Waals surface area (Å²) in [6.45, 7) is 3.93. The average Bonchev–Trinajstić information content (AvgIpc) is 2.20. The number of aliphatic hydroxyl groups is 1. The van der Waals surface area contributed by atoms with Crippen molar-refractivity contribution in [1.29, 1.82) is 0 Å². The molecule has 0 spiro atoms. The van der Waals surface area contributed by atoms with Gasteiger partial charge in [-0.1, -0.05) is 6.92 Å². The number of aromatic hydroxyl groups is 1. The van der Waals surface area contributed by atoms with Crippen LogP contribution in [0.4, 0.5) is 0 Å². The normalized spacial score (nSPS) is 12.9. The molecule has 0 aliphatic heterocycles. The molecular formula is C11H16O2S. The Morgan fingerprint density at radius 1 is 1.43 bits per heavy atom. The Morgan fingerprint density at radius 3 is 2.57 bits per heavy atom. The monoisotopic (exact) mass is 212 g/mol. The van der Waals surface area contributed by atoms with Crippen LogP contribution in [0.15, 0.2) is 17.0 Å². The van der Waals surface area contributed by atoms with E-state index in [0.717, 1.165) is 16.0 Å². The molecule has 3 heteroatoms. The molecule has 1 atom stereocenters. The SMILES string of the molecule is CSc1cc(C)c(O)cc1C(C)CO. The highest BCUT2D eigenvalue weighted by molar-refractivity contribution is 7.98. The van der Waals surface area contributed by atoms with Crippen molar-refractivity contribution in [3.63, 3.8) is 0 Å². The molecule has 0 amide bonds. The lowest BCUT2D eigenvalue weighted by Crippen LogP contribution is -2.01. The molecular weight excluding hydrogens is 196 g/mol. The number of phenolic OH excluding ortho intramolecular Hbond substituents is 1. The Kier molecular flexibility index (Phi) is 3.84. The topological polar surface area (TPSA) is 40.5 Å². The molecule has 0 saturated carbocycles. The summed E-state index contributed by atoms with van der Waals surface area (Å²) >= 11 is 1.64. The van der Waals surface area contributed by atoms with Gasteiger partial charge >= 0.3 is 0 Å². The third-order valence-corrected chi connectivity index (χ3v) is 3.15. The van der Waals surface area contributed by atoms with E-state index in [1.165, 1.54) is 0 Å². The summed E-state index contributed by atoms with van der Waals surface area (Å²) < 4.78 is 0. The summed E-state index contributed by atoms with van der Waals surface area (Å²) in [4.78, 5) is 1.13. The van der Waals surface area contributed by atoms with Crippen LogP contribution in [0.3, 0.4) is 0 Å². The fourth-order valence-electron chi connectivity index (χ4n) is 1.35. The predicted octanol–water partition coefficient (Wildman–Crippen LogP) is 2.52. The van der Waals surface area contributed by atoms with E-state index in [1.807, 2.05) is 26.2 Å². The fourth-order valence-corrected chi connectivity index (χ4v) is 2.14. The second-order valence-corrected chi connectivity index (χ2v) is 4.31. The van der Waals surface area contributed by atoms with E-state index in [4.69, 9.17) is 5.11 Å². The smallest absolute Gasteiger partial charge is 0.118 e. The Labute approximate surface area is 89.0 Å². The van der Waals surface area contributed by atoms with Gasteiger partial charge in [0.05, 0.1) is 0 Å². The van der Waals surface area contributed by atoms with Crippen molar-refractivity contribution in [2.45, 2.75) is 24.7 Å². The van der Waals surface area contributed by atoms with Gasteiger partial charge in [-0.15, -0.1) is 11.8 Å². The molecule has 1 aromatic carbocycles. The van der Waals surface area contributed by atoms with Gasteiger partial charge in [-0.05, 0) is 36.4 Å². The first-order valence-corrected chi connectivity index (χ1v) is 5.81. The van der Waals surface area contributed by atoms with Crippen molar-refractivity contribution < 1.29 is 10.2 Å². The van der Waals surface area contributed by atoms with Crippen LogP contribution in [0.2, 0.25) is 0 Å². The molecule has 0 aliphatic carbocycles. The lowest BCUT2D eigenvalue weighted by molar-refractivity contribution is 0.271. The molecule has 0 bridgehead atoms. The Balaban J connectivity index is 3.19. The van der Waals surface area contributed by atoms with Gasteiger partial charge in [0.25, 0.3) is 0 Å². The number of phenols is 1. The first-order chi connectivity index (χ1) is 6.60. The molecule has 78 valence electrons. The number of aliphatic hydroxyl groups excluding tert-OH is 1. The predicted molar refractivity (Wildman–Crippen MR) is 60.1 cm³/mol. The van der Waals surface area contributed by atoms with E-state index in [2.05, 4.69) is 0 Å². The molecule has 0 saturated heterocycles. The number of hydrogen-bond donors (Lipinski definition) is 2. The number of thioether (sulfide) groups is 1. The number of aryl methyl sites for hydroxylation is 1. The molecule has 0 aromatic heterocycles. The second kappa shape index (κ2) is 4.71. The number of benzene rings is 1. The van der Waals surface area contributed by atoms with Crippen LogP contribution < -0.4 is 0 Å². The summed E-state index contributed by atoms with van der Waals surface area (Å²) in [6, 6.07) is 3.71. The van der Waals surface area contributed by atoms with Gasteiger partial charge in [-0.2, -0.15) is 0 Å². The van der Waals surface area contributed by atoms with Crippen LogP contribution in [-0.4, -0.2) is 23.1 Å². The van der Waals surface area contributed by atoms with E-state index in [0.29, 0.717) is 5.75 Å². The molecule has 0 heterocycles. The molecule has 1 aromatic rings. The third-order valence-electron chi connectivity index (χ3n) is 2.35. The molecule has 1 unspecified atom stereocenters. The van der Waals surface area contributed by atoms with Gasteiger partial charge in [-0.25, -0.2) is 0 Å². The lowest BCUT2D eigenvalue weighted by atomic mass is 10.00. The highest BCUT2D eigenvalue weighted by atomic mass is 32.2.